The Balaban J connectivity index is 0.00000242. The normalized spacial score (nSPS) is 20.2. The summed E-state index contributed by atoms with van der Waals surface area (Å²) in [6, 6.07) is 1.14. The highest BCUT2D eigenvalue weighted by molar-refractivity contribution is 7.89. The number of amides is 1. The maximum absolute atomic E-state index is 12.4. The number of hydrogen-bond donors (Lipinski definition) is 3. The van der Waals surface area contributed by atoms with E-state index in [1.165, 1.54) is 16.8 Å². The van der Waals surface area contributed by atoms with E-state index in [4.69, 9.17) is 5.73 Å². The molecule has 0 bridgehead atoms. The van der Waals surface area contributed by atoms with Crippen LogP contribution in [0, 0.1) is 5.92 Å². The first-order valence-corrected chi connectivity index (χ1v) is 8.49. The van der Waals surface area contributed by atoms with Crippen LogP contribution in [0.25, 0.3) is 0 Å². The van der Waals surface area contributed by atoms with Gasteiger partial charge in [-0.2, -0.15) is 0 Å². The molecule has 0 spiro atoms. The topological polar surface area (TPSA) is 106 Å². The zero-order valence-electron chi connectivity index (χ0n) is 12.7. The summed E-state index contributed by atoms with van der Waals surface area (Å²) in [6.07, 6.45) is 3.44. The number of nitrogens with two attached hydrogens (primary N) is 1. The third-order valence-corrected chi connectivity index (χ3v) is 5.45. The molecule has 1 fully saturated rings. The molecule has 126 valence electrons. The van der Waals surface area contributed by atoms with Gasteiger partial charge in [0.2, 0.25) is 10.0 Å². The summed E-state index contributed by atoms with van der Waals surface area (Å²) in [7, 11) is -2.06. The van der Waals surface area contributed by atoms with Gasteiger partial charge in [-0.3, -0.25) is 4.79 Å². The van der Waals surface area contributed by atoms with Crippen molar-refractivity contribution in [1.29, 1.82) is 0 Å². The first-order valence-electron chi connectivity index (χ1n) is 7.00. The zero-order chi connectivity index (χ0) is 15.6. The van der Waals surface area contributed by atoms with Crippen molar-refractivity contribution in [3.05, 3.63) is 18.0 Å². The fourth-order valence-electron chi connectivity index (χ4n) is 2.64. The van der Waals surface area contributed by atoms with Crippen molar-refractivity contribution in [3.63, 3.8) is 0 Å². The second-order valence-corrected chi connectivity index (χ2v) is 7.27. The Bertz CT molecular complexity index is 623. The molecule has 0 aliphatic carbocycles. The average Bonchev–Trinajstić information content (AvgIpc) is 2.82. The second kappa shape index (κ2) is 7.45. The van der Waals surface area contributed by atoms with E-state index in [0.717, 1.165) is 25.9 Å². The van der Waals surface area contributed by atoms with Crippen molar-refractivity contribution < 1.29 is 13.2 Å². The Kier molecular flexibility index (Phi) is 6.42. The Labute approximate surface area is 137 Å². The fraction of sp³-hybridized carbons (Fsp3) is 0.615. The molecular formula is C13H23ClN4O3S. The number of nitrogens with one attached hydrogen (secondary N) is 2. The summed E-state index contributed by atoms with van der Waals surface area (Å²) in [5.41, 5.74) is 5.37. The fourth-order valence-corrected chi connectivity index (χ4v) is 4.02. The van der Waals surface area contributed by atoms with Crippen molar-refractivity contribution >= 4 is 28.3 Å². The predicted molar refractivity (Wildman–Crippen MR) is 86.6 cm³/mol. The molecule has 1 aliphatic heterocycles. The standard InChI is InChI=1S/C13H22N4O3S.ClH/c1-9(10-4-3-5-15-7-10)16-21(19,20)11-6-12(13(14)18)17(2)8-11;/h6,8-10,15-16H,3-5,7H2,1-2H3,(H2,14,18);1H. The van der Waals surface area contributed by atoms with E-state index in [1.54, 1.807) is 7.05 Å². The monoisotopic (exact) mass is 350 g/mol. The highest BCUT2D eigenvalue weighted by Crippen LogP contribution is 2.18. The molecule has 2 heterocycles. The van der Waals surface area contributed by atoms with Crippen molar-refractivity contribution in [1.82, 2.24) is 14.6 Å². The number of primary amides is 1. The number of carbonyl (C=O) groups is 1. The van der Waals surface area contributed by atoms with E-state index < -0.39 is 15.9 Å². The smallest absolute Gasteiger partial charge is 0.265 e. The van der Waals surface area contributed by atoms with Crippen LogP contribution in [0.5, 0.6) is 0 Å². The Hall–Kier alpha value is -1.09. The van der Waals surface area contributed by atoms with Gasteiger partial charge < -0.3 is 15.6 Å². The van der Waals surface area contributed by atoms with E-state index in [1.807, 2.05) is 6.92 Å². The van der Waals surface area contributed by atoms with Gasteiger partial charge in [-0.1, -0.05) is 0 Å². The molecule has 1 aromatic rings. The highest BCUT2D eigenvalue weighted by atomic mass is 35.5. The lowest BCUT2D eigenvalue weighted by atomic mass is 9.94. The average molecular weight is 351 g/mol. The second-order valence-electron chi connectivity index (χ2n) is 5.55. The number of aromatic nitrogens is 1. The summed E-state index contributed by atoms with van der Waals surface area (Å²) < 4.78 is 28.9. The van der Waals surface area contributed by atoms with Crippen LogP contribution in [0.15, 0.2) is 17.2 Å². The van der Waals surface area contributed by atoms with Gasteiger partial charge in [-0.05, 0) is 44.8 Å². The molecular weight excluding hydrogens is 328 g/mol. The number of hydrogen-bond acceptors (Lipinski definition) is 4. The molecule has 9 heteroatoms. The van der Waals surface area contributed by atoms with Crippen LogP contribution < -0.4 is 15.8 Å². The largest absolute Gasteiger partial charge is 0.364 e. The van der Waals surface area contributed by atoms with E-state index in [2.05, 4.69) is 10.0 Å². The molecule has 2 rings (SSSR count). The SMILES string of the molecule is CC(NS(=O)(=O)c1cc(C(N)=O)n(C)c1)C1CCCNC1.Cl. The van der Waals surface area contributed by atoms with Crippen LogP contribution in [0.2, 0.25) is 0 Å². The van der Waals surface area contributed by atoms with Gasteiger partial charge in [-0.15, -0.1) is 12.4 Å². The first kappa shape index (κ1) is 19.0. The molecule has 0 radical (unpaired) electrons. The first-order chi connectivity index (χ1) is 9.81. The van der Waals surface area contributed by atoms with Crippen molar-refractivity contribution in [2.24, 2.45) is 18.7 Å². The van der Waals surface area contributed by atoms with Gasteiger partial charge in [0.25, 0.3) is 5.91 Å². The zero-order valence-corrected chi connectivity index (χ0v) is 14.3. The molecule has 7 nitrogen and oxygen atoms in total. The number of carbonyl (C=O) groups excluding carboxylic acids is 1. The number of halogens is 1. The molecule has 1 aliphatic rings. The van der Waals surface area contributed by atoms with Gasteiger partial charge in [-0.25, -0.2) is 13.1 Å². The quantitative estimate of drug-likeness (QED) is 0.705. The van der Waals surface area contributed by atoms with Crippen LogP contribution in [0.3, 0.4) is 0 Å². The molecule has 0 aromatic carbocycles. The van der Waals surface area contributed by atoms with Crippen LogP contribution in [-0.2, 0) is 17.1 Å². The maximum atomic E-state index is 12.4. The Morgan fingerprint density at radius 2 is 2.23 bits per heavy atom. The molecule has 1 amide bonds. The Morgan fingerprint density at radius 3 is 2.73 bits per heavy atom. The van der Waals surface area contributed by atoms with Crippen LogP contribution in [-0.4, -0.2) is 38.0 Å². The van der Waals surface area contributed by atoms with Gasteiger partial charge >= 0.3 is 0 Å². The lowest BCUT2D eigenvalue weighted by Gasteiger charge is -2.28. The summed E-state index contributed by atoms with van der Waals surface area (Å²) in [5.74, 6) is -0.378. The molecule has 1 saturated heterocycles. The lowest BCUT2D eigenvalue weighted by Crippen LogP contribution is -2.44. The minimum absolute atomic E-state index is 0. The van der Waals surface area contributed by atoms with Crippen LogP contribution in [0.1, 0.15) is 30.3 Å². The Morgan fingerprint density at radius 1 is 1.55 bits per heavy atom. The summed E-state index contributed by atoms with van der Waals surface area (Å²) in [6.45, 7) is 3.66. The number of nitrogens with zero attached hydrogens (tertiary/aromatic N) is 1. The highest BCUT2D eigenvalue weighted by Gasteiger charge is 2.26. The van der Waals surface area contributed by atoms with Gasteiger partial charge in [0.1, 0.15) is 10.6 Å². The van der Waals surface area contributed by atoms with E-state index in [-0.39, 0.29) is 35.0 Å². The van der Waals surface area contributed by atoms with Crippen molar-refractivity contribution in [2.45, 2.75) is 30.7 Å². The van der Waals surface area contributed by atoms with Gasteiger partial charge in [0.15, 0.2) is 0 Å². The van der Waals surface area contributed by atoms with E-state index in [9.17, 15) is 13.2 Å². The third-order valence-electron chi connectivity index (χ3n) is 3.93. The number of aryl methyl sites for hydroxylation is 1. The van der Waals surface area contributed by atoms with Crippen LogP contribution >= 0.6 is 12.4 Å². The summed E-state index contributed by atoms with van der Waals surface area (Å²) in [4.78, 5) is 11.3. The molecule has 0 saturated carbocycles. The third kappa shape index (κ3) is 4.22. The van der Waals surface area contributed by atoms with Crippen molar-refractivity contribution in [3.8, 4) is 0 Å². The minimum atomic E-state index is -3.65. The molecule has 22 heavy (non-hydrogen) atoms. The maximum Gasteiger partial charge on any atom is 0.265 e. The van der Waals surface area contributed by atoms with E-state index in [0.29, 0.717) is 0 Å². The molecule has 2 unspecified atom stereocenters. The molecule has 4 N–H and O–H groups in total. The number of sulfonamides is 1. The van der Waals surface area contributed by atoms with E-state index >= 15 is 0 Å². The van der Waals surface area contributed by atoms with Crippen LogP contribution in [0.4, 0.5) is 0 Å². The predicted octanol–water partition coefficient (Wildman–Crippen LogP) is 0.212. The summed E-state index contributed by atoms with van der Waals surface area (Å²) in [5, 5.41) is 3.27. The molecule has 1 aromatic heterocycles. The molecule has 2 atom stereocenters. The summed E-state index contributed by atoms with van der Waals surface area (Å²) >= 11 is 0. The minimum Gasteiger partial charge on any atom is -0.364 e. The van der Waals surface area contributed by atoms with Crippen molar-refractivity contribution in [2.75, 3.05) is 13.1 Å². The van der Waals surface area contributed by atoms with Gasteiger partial charge in [0.05, 0.1) is 0 Å². The van der Waals surface area contributed by atoms with Gasteiger partial charge in [0, 0.05) is 19.3 Å². The number of piperidine rings is 1. The number of rotatable bonds is 5. The lowest BCUT2D eigenvalue weighted by molar-refractivity contribution is 0.0992.